The average Bonchev–Trinajstić information content (AvgIpc) is 2.34. The molecule has 0 aliphatic heterocycles. The van der Waals surface area contributed by atoms with Crippen LogP contribution in [0, 0.1) is 12.8 Å². The second-order valence-electron chi connectivity index (χ2n) is 3.42. The van der Waals surface area contributed by atoms with Gasteiger partial charge < -0.3 is 10.3 Å². The standard InChI is InChI=1S/C8H15N3O/c1-5(2)4-7(9)8-10-6(3)11-12-8/h5,7H,4,9H2,1-3H3/t7-/m1/s1. The highest BCUT2D eigenvalue weighted by molar-refractivity contribution is 4.89. The van der Waals surface area contributed by atoms with Gasteiger partial charge in [-0.15, -0.1) is 0 Å². The smallest absolute Gasteiger partial charge is 0.243 e. The predicted molar refractivity (Wildman–Crippen MR) is 45.4 cm³/mol. The molecule has 68 valence electrons. The summed E-state index contributed by atoms with van der Waals surface area (Å²) in [7, 11) is 0. The topological polar surface area (TPSA) is 64.9 Å². The van der Waals surface area contributed by atoms with E-state index in [1.54, 1.807) is 6.92 Å². The van der Waals surface area contributed by atoms with E-state index >= 15 is 0 Å². The Morgan fingerprint density at radius 1 is 1.50 bits per heavy atom. The van der Waals surface area contributed by atoms with Gasteiger partial charge >= 0.3 is 0 Å². The third-order valence-corrected chi connectivity index (χ3v) is 1.59. The highest BCUT2D eigenvalue weighted by atomic mass is 16.5. The monoisotopic (exact) mass is 169 g/mol. The third kappa shape index (κ3) is 2.30. The minimum absolute atomic E-state index is 0.119. The Kier molecular flexibility index (Phi) is 2.81. The molecule has 12 heavy (non-hydrogen) atoms. The van der Waals surface area contributed by atoms with Gasteiger partial charge in [0, 0.05) is 0 Å². The molecule has 0 bridgehead atoms. The van der Waals surface area contributed by atoms with E-state index in [0.29, 0.717) is 17.6 Å². The van der Waals surface area contributed by atoms with E-state index in [0.717, 1.165) is 6.42 Å². The number of aromatic nitrogens is 2. The maximum Gasteiger partial charge on any atom is 0.243 e. The summed E-state index contributed by atoms with van der Waals surface area (Å²) in [6.45, 7) is 6.02. The van der Waals surface area contributed by atoms with Crippen LogP contribution >= 0.6 is 0 Å². The van der Waals surface area contributed by atoms with Crippen LogP contribution < -0.4 is 5.73 Å². The van der Waals surface area contributed by atoms with Crippen molar-refractivity contribution in [1.82, 2.24) is 10.1 Å². The van der Waals surface area contributed by atoms with E-state index < -0.39 is 0 Å². The zero-order valence-corrected chi connectivity index (χ0v) is 7.74. The van der Waals surface area contributed by atoms with Crippen molar-refractivity contribution in [3.8, 4) is 0 Å². The largest absolute Gasteiger partial charge is 0.338 e. The Balaban J connectivity index is 2.58. The van der Waals surface area contributed by atoms with E-state index in [1.165, 1.54) is 0 Å². The van der Waals surface area contributed by atoms with E-state index in [1.807, 2.05) is 0 Å². The molecule has 1 aromatic heterocycles. The summed E-state index contributed by atoms with van der Waals surface area (Å²) in [6.07, 6.45) is 0.877. The summed E-state index contributed by atoms with van der Waals surface area (Å²) in [5.41, 5.74) is 5.81. The average molecular weight is 169 g/mol. The summed E-state index contributed by atoms with van der Waals surface area (Å²) < 4.78 is 4.94. The second kappa shape index (κ2) is 3.67. The minimum atomic E-state index is -0.119. The highest BCUT2D eigenvalue weighted by Gasteiger charge is 2.14. The van der Waals surface area contributed by atoms with E-state index in [4.69, 9.17) is 10.3 Å². The fourth-order valence-corrected chi connectivity index (χ4v) is 1.07. The molecule has 0 unspecified atom stereocenters. The number of aryl methyl sites for hydroxylation is 1. The van der Waals surface area contributed by atoms with Crippen LogP contribution in [0.25, 0.3) is 0 Å². The normalized spacial score (nSPS) is 13.8. The van der Waals surface area contributed by atoms with Gasteiger partial charge in [0.05, 0.1) is 6.04 Å². The molecule has 1 heterocycles. The first kappa shape index (κ1) is 9.19. The molecule has 1 aromatic rings. The van der Waals surface area contributed by atoms with Gasteiger partial charge in [0.25, 0.3) is 0 Å². The van der Waals surface area contributed by atoms with Crippen molar-refractivity contribution in [2.75, 3.05) is 0 Å². The Morgan fingerprint density at radius 2 is 2.17 bits per heavy atom. The zero-order chi connectivity index (χ0) is 9.14. The minimum Gasteiger partial charge on any atom is -0.338 e. The van der Waals surface area contributed by atoms with Crippen molar-refractivity contribution >= 4 is 0 Å². The number of nitrogens with zero attached hydrogens (tertiary/aromatic N) is 2. The maximum atomic E-state index is 5.81. The number of hydrogen-bond acceptors (Lipinski definition) is 4. The van der Waals surface area contributed by atoms with E-state index in [-0.39, 0.29) is 6.04 Å². The van der Waals surface area contributed by atoms with Gasteiger partial charge in [-0.25, -0.2) is 0 Å². The van der Waals surface area contributed by atoms with Crippen LogP contribution in [0.5, 0.6) is 0 Å². The van der Waals surface area contributed by atoms with Gasteiger partial charge in [-0.3, -0.25) is 0 Å². The lowest BCUT2D eigenvalue weighted by molar-refractivity contribution is 0.333. The van der Waals surface area contributed by atoms with Gasteiger partial charge in [-0.2, -0.15) is 4.98 Å². The van der Waals surface area contributed by atoms with E-state index in [2.05, 4.69) is 24.0 Å². The lowest BCUT2D eigenvalue weighted by Crippen LogP contribution is -2.13. The number of hydrogen-bond donors (Lipinski definition) is 1. The number of nitrogens with two attached hydrogens (primary N) is 1. The molecular weight excluding hydrogens is 154 g/mol. The van der Waals surface area contributed by atoms with Gasteiger partial charge in [-0.1, -0.05) is 19.0 Å². The molecule has 0 radical (unpaired) electrons. The van der Waals surface area contributed by atoms with Crippen LogP contribution in [-0.4, -0.2) is 10.1 Å². The van der Waals surface area contributed by atoms with Crippen molar-refractivity contribution in [1.29, 1.82) is 0 Å². The van der Waals surface area contributed by atoms with E-state index in [9.17, 15) is 0 Å². The fourth-order valence-electron chi connectivity index (χ4n) is 1.07. The summed E-state index contributed by atoms with van der Waals surface area (Å²) in [5.74, 6) is 1.73. The molecule has 0 saturated heterocycles. The molecule has 0 amide bonds. The zero-order valence-electron chi connectivity index (χ0n) is 7.74. The molecule has 2 N–H and O–H groups in total. The molecule has 0 aromatic carbocycles. The molecule has 4 heteroatoms. The first-order valence-electron chi connectivity index (χ1n) is 4.15. The summed E-state index contributed by atoms with van der Waals surface area (Å²) >= 11 is 0. The Morgan fingerprint density at radius 3 is 2.58 bits per heavy atom. The Bertz CT molecular complexity index is 244. The number of rotatable bonds is 3. The fraction of sp³-hybridized carbons (Fsp3) is 0.750. The molecular formula is C8H15N3O. The molecule has 0 aliphatic rings. The van der Waals surface area contributed by atoms with Gasteiger partial charge in [-0.05, 0) is 19.3 Å². The first-order chi connectivity index (χ1) is 5.59. The van der Waals surface area contributed by atoms with Gasteiger partial charge in [0.15, 0.2) is 5.82 Å². The van der Waals surface area contributed by atoms with Crippen LogP contribution in [0.4, 0.5) is 0 Å². The molecule has 1 rings (SSSR count). The first-order valence-corrected chi connectivity index (χ1v) is 4.15. The van der Waals surface area contributed by atoms with Crippen molar-refractivity contribution in [3.63, 3.8) is 0 Å². The summed E-state index contributed by atoms with van der Waals surface area (Å²) in [4.78, 5) is 4.06. The van der Waals surface area contributed by atoms with Crippen LogP contribution in [0.2, 0.25) is 0 Å². The molecule has 4 nitrogen and oxygen atoms in total. The maximum absolute atomic E-state index is 5.81. The van der Waals surface area contributed by atoms with Crippen LogP contribution in [-0.2, 0) is 0 Å². The second-order valence-corrected chi connectivity index (χ2v) is 3.42. The Labute approximate surface area is 72.1 Å². The highest BCUT2D eigenvalue weighted by Crippen LogP contribution is 2.16. The predicted octanol–water partition coefficient (Wildman–Crippen LogP) is 1.42. The van der Waals surface area contributed by atoms with Crippen molar-refractivity contribution < 1.29 is 4.52 Å². The lowest BCUT2D eigenvalue weighted by atomic mass is 10.0. The van der Waals surface area contributed by atoms with Crippen LogP contribution in [0.3, 0.4) is 0 Å². The van der Waals surface area contributed by atoms with Crippen LogP contribution in [0.15, 0.2) is 4.52 Å². The molecule has 0 fully saturated rings. The van der Waals surface area contributed by atoms with Gasteiger partial charge in [0.2, 0.25) is 5.89 Å². The molecule has 0 aliphatic carbocycles. The Hall–Kier alpha value is -0.900. The molecule has 0 spiro atoms. The van der Waals surface area contributed by atoms with Crippen LogP contribution in [0.1, 0.15) is 38.0 Å². The van der Waals surface area contributed by atoms with Crippen molar-refractivity contribution in [2.24, 2.45) is 11.7 Å². The molecule has 0 saturated carbocycles. The third-order valence-electron chi connectivity index (χ3n) is 1.59. The van der Waals surface area contributed by atoms with Crippen molar-refractivity contribution in [2.45, 2.75) is 33.2 Å². The lowest BCUT2D eigenvalue weighted by Gasteiger charge is -2.08. The van der Waals surface area contributed by atoms with Crippen molar-refractivity contribution in [3.05, 3.63) is 11.7 Å². The molecule has 1 atom stereocenters. The quantitative estimate of drug-likeness (QED) is 0.743. The summed E-state index contributed by atoms with van der Waals surface area (Å²) in [5, 5.41) is 3.68. The SMILES string of the molecule is Cc1noc([C@H](N)CC(C)C)n1. The summed E-state index contributed by atoms with van der Waals surface area (Å²) in [6, 6.07) is -0.119. The van der Waals surface area contributed by atoms with Gasteiger partial charge in [0.1, 0.15) is 0 Å².